The Morgan fingerprint density at radius 1 is 1.27 bits per heavy atom. The highest BCUT2D eigenvalue weighted by atomic mass is 16.5. The van der Waals surface area contributed by atoms with Gasteiger partial charge in [0.15, 0.2) is 11.5 Å². The molecule has 0 spiro atoms. The second-order valence-corrected chi connectivity index (χ2v) is 5.66. The van der Waals surface area contributed by atoms with Crippen LogP contribution in [0.15, 0.2) is 30.4 Å². The van der Waals surface area contributed by atoms with Crippen LogP contribution >= 0.6 is 0 Å². The molecule has 0 fully saturated rings. The molecule has 1 rings (SSSR count). The maximum atomic E-state index is 11.1. The van der Waals surface area contributed by atoms with E-state index in [9.17, 15) is 4.79 Å². The Balaban J connectivity index is 3.39. The molecule has 4 heteroatoms. The topological polar surface area (TPSA) is 55.8 Å². The number of carbonyl (C=O) groups is 1. The van der Waals surface area contributed by atoms with Gasteiger partial charge in [0.25, 0.3) is 0 Å². The van der Waals surface area contributed by atoms with Gasteiger partial charge in [-0.1, -0.05) is 32.1 Å². The molecule has 0 amide bonds. The summed E-state index contributed by atoms with van der Waals surface area (Å²) in [5.41, 5.74) is 0.701. The number of hydrogen-bond acceptors (Lipinski definition) is 3. The Bertz CT molecular complexity index is 534. The van der Waals surface area contributed by atoms with E-state index in [-0.39, 0.29) is 17.8 Å². The van der Waals surface area contributed by atoms with Crippen LogP contribution in [0, 0.1) is 5.92 Å². The summed E-state index contributed by atoms with van der Waals surface area (Å²) in [6.07, 6.45) is 4.75. The van der Waals surface area contributed by atoms with E-state index < -0.39 is 5.97 Å². The molecule has 122 valence electrons. The first-order valence-corrected chi connectivity index (χ1v) is 7.49. The van der Waals surface area contributed by atoms with E-state index in [0.717, 1.165) is 5.56 Å². The van der Waals surface area contributed by atoms with Gasteiger partial charge >= 0.3 is 5.97 Å². The summed E-state index contributed by atoms with van der Waals surface area (Å²) in [5.74, 6) is 0.795. The molecular weight excluding hydrogens is 280 g/mol. The Morgan fingerprint density at radius 3 is 2.36 bits per heavy atom. The molecule has 0 aliphatic heterocycles. The highest BCUT2D eigenvalue weighted by Crippen LogP contribution is 2.41. The first-order valence-electron chi connectivity index (χ1n) is 7.49. The first-order chi connectivity index (χ1) is 10.4. The number of ether oxygens (including phenoxy) is 2. The fraction of sp³-hybridized carbons (Fsp3) is 0.500. The molecule has 1 aromatic rings. The number of carboxylic acid groups (broad SMARTS) is 1. The molecular formula is C18H26O4. The van der Waals surface area contributed by atoms with Crippen LogP contribution in [0.1, 0.15) is 39.2 Å². The van der Waals surface area contributed by atoms with Gasteiger partial charge in [0, 0.05) is 11.8 Å². The number of allylic oxidation sites excluding steroid dienone is 2. The number of rotatable bonds is 8. The van der Waals surface area contributed by atoms with Crippen molar-refractivity contribution in [1.29, 1.82) is 0 Å². The van der Waals surface area contributed by atoms with Crippen molar-refractivity contribution in [2.75, 3.05) is 14.2 Å². The number of aliphatic carboxylic acids is 1. The molecule has 0 radical (unpaired) electrons. The lowest BCUT2D eigenvalue weighted by atomic mass is 9.68. The molecule has 4 nitrogen and oxygen atoms in total. The number of carboxylic acids is 1. The third kappa shape index (κ3) is 3.81. The number of methoxy groups -OCH3 is 2. The summed E-state index contributed by atoms with van der Waals surface area (Å²) < 4.78 is 10.7. The number of hydrogen-bond donors (Lipinski definition) is 1. The van der Waals surface area contributed by atoms with Crippen molar-refractivity contribution in [3.63, 3.8) is 0 Å². The number of benzene rings is 1. The summed E-state index contributed by atoms with van der Waals surface area (Å²) in [7, 11) is 3.20. The molecule has 22 heavy (non-hydrogen) atoms. The van der Waals surface area contributed by atoms with E-state index in [1.54, 1.807) is 14.2 Å². The largest absolute Gasteiger partial charge is 0.493 e. The van der Waals surface area contributed by atoms with E-state index >= 15 is 0 Å². The predicted molar refractivity (Wildman–Crippen MR) is 87.7 cm³/mol. The molecule has 0 saturated carbocycles. The monoisotopic (exact) mass is 306 g/mol. The molecule has 0 aromatic heterocycles. The van der Waals surface area contributed by atoms with Crippen molar-refractivity contribution in [2.24, 2.45) is 5.92 Å². The fourth-order valence-corrected chi connectivity index (χ4v) is 2.88. The molecule has 1 aromatic carbocycles. The van der Waals surface area contributed by atoms with Crippen molar-refractivity contribution < 1.29 is 19.4 Å². The van der Waals surface area contributed by atoms with Crippen molar-refractivity contribution in [3.8, 4) is 11.5 Å². The summed E-state index contributed by atoms with van der Waals surface area (Å²) in [4.78, 5) is 11.1. The van der Waals surface area contributed by atoms with Gasteiger partial charge in [-0.15, -0.1) is 0 Å². The van der Waals surface area contributed by atoms with Crippen molar-refractivity contribution in [3.05, 3.63) is 35.9 Å². The zero-order chi connectivity index (χ0) is 16.8. The van der Waals surface area contributed by atoms with Crippen LogP contribution in [-0.2, 0) is 10.2 Å². The van der Waals surface area contributed by atoms with Gasteiger partial charge in [0.2, 0.25) is 0 Å². The molecule has 0 saturated heterocycles. The van der Waals surface area contributed by atoms with Gasteiger partial charge in [-0.05, 0) is 37.0 Å². The summed E-state index contributed by atoms with van der Waals surface area (Å²) in [6, 6.07) is 5.81. The van der Waals surface area contributed by atoms with Crippen LogP contribution in [0.5, 0.6) is 11.5 Å². The lowest BCUT2D eigenvalue weighted by Gasteiger charge is -2.36. The van der Waals surface area contributed by atoms with Crippen molar-refractivity contribution >= 4 is 5.97 Å². The lowest BCUT2D eigenvalue weighted by molar-refractivity contribution is -0.137. The van der Waals surface area contributed by atoms with E-state index in [0.29, 0.717) is 17.9 Å². The van der Waals surface area contributed by atoms with E-state index in [1.165, 1.54) is 0 Å². The molecule has 0 unspecified atom stereocenters. The average molecular weight is 306 g/mol. The van der Waals surface area contributed by atoms with Gasteiger partial charge in [0.05, 0.1) is 14.2 Å². The van der Waals surface area contributed by atoms with E-state index in [4.69, 9.17) is 14.6 Å². The lowest BCUT2D eigenvalue weighted by Crippen LogP contribution is -2.31. The van der Waals surface area contributed by atoms with E-state index in [2.05, 4.69) is 19.9 Å². The quantitative estimate of drug-likeness (QED) is 0.736. The van der Waals surface area contributed by atoms with Crippen LogP contribution in [0.3, 0.4) is 0 Å². The Hall–Kier alpha value is -1.97. The SMILES string of the molecule is C/C=C/[C@](CCC(=O)O)(c1ccc(OC)c(OC)c1)C(C)C. The maximum Gasteiger partial charge on any atom is 0.303 e. The minimum Gasteiger partial charge on any atom is -0.493 e. The minimum absolute atomic E-state index is 0.122. The predicted octanol–water partition coefficient (Wildman–Crippen LogP) is 4.04. The summed E-state index contributed by atoms with van der Waals surface area (Å²) in [5, 5.41) is 9.09. The maximum absolute atomic E-state index is 11.1. The van der Waals surface area contributed by atoms with Gasteiger partial charge < -0.3 is 14.6 Å². The van der Waals surface area contributed by atoms with Crippen molar-refractivity contribution in [2.45, 2.75) is 39.0 Å². The third-order valence-electron chi connectivity index (χ3n) is 4.17. The minimum atomic E-state index is -0.782. The van der Waals surface area contributed by atoms with E-state index in [1.807, 2.05) is 31.2 Å². The molecule has 1 N–H and O–H groups in total. The smallest absolute Gasteiger partial charge is 0.303 e. The highest BCUT2D eigenvalue weighted by molar-refractivity contribution is 5.67. The molecule has 1 atom stereocenters. The fourth-order valence-electron chi connectivity index (χ4n) is 2.88. The van der Waals surface area contributed by atoms with Crippen LogP contribution in [0.4, 0.5) is 0 Å². The molecule has 0 aliphatic carbocycles. The van der Waals surface area contributed by atoms with Crippen LogP contribution < -0.4 is 9.47 Å². The van der Waals surface area contributed by atoms with Crippen molar-refractivity contribution in [1.82, 2.24) is 0 Å². The van der Waals surface area contributed by atoms with Crippen LogP contribution in [-0.4, -0.2) is 25.3 Å². The summed E-state index contributed by atoms with van der Waals surface area (Å²) in [6.45, 7) is 6.18. The zero-order valence-electron chi connectivity index (χ0n) is 14.1. The Kier molecular flexibility index (Phi) is 6.47. The second-order valence-electron chi connectivity index (χ2n) is 5.66. The molecule has 0 bridgehead atoms. The summed E-state index contributed by atoms with van der Waals surface area (Å²) >= 11 is 0. The van der Waals surface area contributed by atoms with Crippen LogP contribution in [0.25, 0.3) is 0 Å². The highest BCUT2D eigenvalue weighted by Gasteiger charge is 2.34. The van der Waals surface area contributed by atoms with Crippen LogP contribution in [0.2, 0.25) is 0 Å². The van der Waals surface area contributed by atoms with Gasteiger partial charge in [-0.3, -0.25) is 4.79 Å². The Labute approximate surface area is 132 Å². The van der Waals surface area contributed by atoms with Gasteiger partial charge in [-0.25, -0.2) is 0 Å². The normalized spacial score (nSPS) is 14.1. The molecule has 0 aliphatic rings. The standard InChI is InChI=1S/C18H26O4/c1-6-10-18(13(2)3,11-9-17(19)20)14-7-8-15(21-4)16(12-14)22-5/h6-8,10,12-13H,9,11H2,1-5H3,(H,19,20)/b10-6+/t18-/m1/s1. The Morgan fingerprint density at radius 2 is 1.91 bits per heavy atom. The third-order valence-corrected chi connectivity index (χ3v) is 4.17. The first kappa shape index (κ1) is 18.1. The molecule has 0 heterocycles. The zero-order valence-corrected chi connectivity index (χ0v) is 14.1. The average Bonchev–Trinajstić information content (AvgIpc) is 2.50. The van der Waals surface area contributed by atoms with Gasteiger partial charge in [-0.2, -0.15) is 0 Å². The van der Waals surface area contributed by atoms with Gasteiger partial charge in [0.1, 0.15) is 0 Å². The second kappa shape index (κ2) is 7.87.